The maximum absolute atomic E-state index is 13.3. The van der Waals surface area contributed by atoms with Gasteiger partial charge in [-0.2, -0.15) is 0 Å². The van der Waals surface area contributed by atoms with Gasteiger partial charge in [0, 0.05) is 55.1 Å². The molecule has 3 aromatic carbocycles. The molecular weight excluding hydrogens is 582 g/mol. The van der Waals surface area contributed by atoms with E-state index in [1.807, 2.05) is 59.3 Å². The van der Waals surface area contributed by atoms with Crippen molar-refractivity contribution in [3.8, 4) is 16.9 Å². The first kappa shape index (κ1) is 29.8. The van der Waals surface area contributed by atoms with Gasteiger partial charge in [0.05, 0.1) is 66.9 Å². The van der Waals surface area contributed by atoms with Gasteiger partial charge in [-0.25, -0.2) is 0 Å². The van der Waals surface area contributed by atoms with Crippen molar-refractivity contribution in [1.82, 2.24) is 9.55 Å². The Balaban J connectivity index is 1.05. The van der Waals surface area contributed by atoms with E-state index in [0.717, 1.165) is 76.7 Å². The molecule has 10 nitrogen and oxygen atoms in total. The van der Waals surface area contributed by atoms with Crippen LogP contribution in [0.5, 0.6) is 5.75 Å². The van der Waals surface area contributed by atoms with Crippen molar-refractivity contribution >= 4 is 39.6 Å². The third kappa shape index (κ3) is 6.28. The van der Waals surface area contributed by atoms with E-state index < -0.39 is 6.10 Å². The monoisotopic (exact) mass is 619 g/mol. The number of aliphatic hydroxyl groups is 2. The molecule has 0 bridgehead atoms. The van der Waals surface area contributed by atoms with Gasteiger partial charge < -0.3 is 39.8 Å². The molecular formula is C36H37N5O5. The van der Waals surface area contributed by atoms with Crippen LogP contribution in [-0.4, -0.2) is 71.3 Å². The molecule has 0 aliphatic carbocycles. The topological polar surface area (TPSA) is 121 Å². The number of rotatable bonds is 10. The van der Waals surface area contributed by atoms with Gasteiger partial charge in [-0.1, -0.05) is 12.1 Å². The number of anilines is 4. The average Bonchev–Trinajstić information content (AvgIpc) is 3.40. The Kier molecular flexibility index (Phi) is 8.56. The maximum atomic E-state index is 13.3. The summed E-state index contributed by atoms with van der Waals surface area (Å²) in [6.07, 6.45) is 5.94. The number of carbonyl (C=O) groups is 1. The summed E-state index contributed by atoms with van der Waals surface area (Å²) in [5, 5.41) is 26.7. The molecule has 0 radical (unpaired) electrons. The molecule has 1 unspecified atom stereocenters. The molecule has 1 fully saturated rings. The van der Waals surface area contributed by atoms with E-state index in [4.69, 9.17) is 9.47 Å². The first-order valence-corrected chi connectivity index (χ1v) is 15.7. The molecule has 7 rings (SSSR count). The minimum atomic E-state index is -0.779. The van der Waals surface area contributed by atoms with Crippen molar-refractivity contribution in [2.75, 3.05) is 55.1 Å². The van der Waals surface area contributed by atoms with E-state index >= 15 is 0 Å². The predicted octanol–water partition coefficient (Wildman–Crippen LogP) is 5.21. The lowest BCUT2D eigenvalue weighted by atomic mass is 10.0. The predicted molar refractivity (Wildman–Crippen MR) is 179 cm³/mol. The molecule has 2 aliphatic heterocycles. The minimum absolute atomic E-state index is 0.175. The number of nitrogens with one attached hydrogen (secondary N) is 2. The number of nitrogens with zero attached hydrogens (tertiary/aromatic N) is 3. The number of hydrogen-bond donors (Lipinski definition) is 4. The molecule has 46 heavy (non-hydrogen) atoms. The zero-order valence-electron chi connectivity index (χ0n) is 25.5. The highest BCUT2D eigenvalue weighted by Gasteiger charge is 2.21. The van der Waals surface area contributed by atoms with Crippen molar-refractivity contribution in [3.63, 3.8) is 0 Å². The Morgan fingerprint density at radius 1 is 0.935 bits per heavy atom. The fraction of sp³-hybridized carbons (Fsp3) is 0.278. The van der Waals surface area contributed by atoms with Crippen molar-refractivity contribution in [1.29, 1.82) is 0 Å². The number of ether oxygens (including phenoxy) is 2. The molecule has 4 heterocycles. The molecule has 0 spiro atoms. The molecule has 10 heteroatoms. The van der Waals surface area contributed by atoms with Gasteiger partial charge in [-0.15, -0.1) is 0 Å². The number of aliphatic hydroxyl groups excluding tert-OH is 2. The second-order valence-corrected chi connectivity index (χ2v) is 11.7. The summed E-state index contributed by atoms with van der Waals surface area (Å²) in [5.74, 6) is 0.654. The van der Waals surface area contributed by atoms with E-state index in [-0.39, 0.29) is 12.5 Å². The first-order valence-electron chi connectivity index (χ1n) is 15.7. The van der Waals surface area contributed by atoms with Crippen LogP contribution >= 0.6 is 0 Å². The minimum Gasteiger partial charge on any atom is -0.493 e. The number of aromatic nitrogens is 2. The molecule has 0 saturated carbocycles. The Hall–Kier alpha value is -4.90. The van der Waals surface area contributed by atoms with Gasteiger partial charge in [-0.3, -0.25) is 9.78 Å². The van der Waals surface area contributed by atoms with Crippen LogP contribution in [0.15, 0.2) is 85.3 Å². The largest absolute Gasteiger partial charge is 0.493 e. The number of benzene rings is 3. The SMILES string of the molecule is O=C1Nc2cc(CCOc3ccc(N4CCOCC4)cc3)ccc2Nc2cc(-c3cn(CCC(O)CO)c4cnccc34)ccc21. The van der Waals surface area contributed by atoms with E-state index in [1.165, 1.54) is 5.69 Å². The number of morpholine rings is 1. The summed E-state index contributed by atoms with van der Waals surface area (Å²) in [7, 11) is 0. The van der Waals surface area contributed by atoms with Crippen molar-refractivity contribution in [2.24, 2.45) is 0 Å². The first-order chi connectivity index (χ1) is 22.6. The summed E-state index contributed by atoms with van der Waals surface area (Å²) < 4.78 is 13.5. The third-order valence-corrected chi connectivity index (χ3v) is 8.65. The number of hydrogen-bond acceptors (Lipinski definition) is 8. The standard InChI is InChI=1S/C36H37N5O5/c42-23-27(43)10-13-41-22-31(29-9-12-37-21-35(29)41)25-2-7-30-33(20-25)38-32-8-1-24(19-34(32)39-36(30)44)11-16-46-28-5-3-26(4-6-28)40-14-17-45-18-15-40/h1-9,12,19-22,27,38,42-43H,10-11,13-18,23H2,(H,39,44). The number of carbonyl (C=O) groups excluding carboxylic acids is 1. The van der Waals surface area contributed by atoms with Crippen LogP contribution in [-0.2, 0) is 17.7 Å². The highest BCUT2D eigenvalue weighted by molar-refractivity contribution is 6.13. The van der Waals surface area contributed by atoms with Gasteiger partial charge in [-0.05, 0) is 72.1 Å². The highest BCUT2D eigenvalue weighted by Crippen LogP contribution is 2.37. The molecule has 236 valence electrons. The van der Waals surface area contributed by atoms with Gasteiger partial charge in [0.25, 0.3) is 5.91 Å². The number of aryl methyl sites for hydroxylation is 1. The molecule has 4 N–H and O–H groups in total. The summed E-state index contributed by atoms with van der Waals surface area (Å²) in [5.41, 5.74) is 7.94. The van der Waals surface area contributed by atoms with Gasteiger partial charge >= 0.3 is 0 Å². The van der Waals surface area contributed by atoms with Crippen molar-refractivity contribution < 1.29 is 24.5 Å². The van der Waals surface area contributed by atoms with E-state index in [2.05, 4.69) is 38.7 Å². The van der Waals surface area contributed by atoms with Crippen molar-refractivity contribution in [2.45, 2.75) is 25.5 Å². The number of amides is 1. The smallest absolute Gasteiger partial charge is 0.257 e. The van der Waals surface area contributed by atoms with Crippen LogP contribution in [0.1, 0.15) is 22.3 Å². The van der Waals surface area contributed by atoms with E-state index in [9.17, 15) is 15.0 Å². The summed E-state index contributed by atoms with van der Waals surface area (Å²) in [6.45, 7) is 4.10. The Bertz CT molecular complexity index is 1850. The lowest BCUT2D eigenvalue weighted by Gasteiger charge is -2.28. The van der Waals surface area contributed by atoms with Gasteiger partial charge in [0.2, 0.25) is 0 Å². The second-order valence-electron chi connectivity index (χ2n) is 11.7. The third-order valence-electron chi connectivity index (χ3n) is 8.65. The lowest BCUT2D eigenvalue weighted by Crippen LogP contribution is -2.36. The Morgan fingerprint density at radius 2 is 1.78 bits per heavy atom. The van der Waals surface area contributed by atoms with Crippen LogP contribution < -0.4 is 20.3 Å². The normalized spacial score (nSPS) is 15.0. The summed E-state index contributed by atoms with van der Waals surface area (Å²) >= 11 is 0. The Labute approximate surface area is 267 Å². The fourth-order valence-corrected chi connectivity index (χ4v) is 6.10. The molecule has 1 amide bonds. The van der Waals surface area contributed by atoms with Crippen LogP contribution in [0.4, 0.5) is 22.7 Å². The zero-order valence-corrected chi connectivity index (χ0v) is 25.5. The molecule has 1 atom stereocenters. The van der Waals surface area contributed by atoms with E-state index in [0.29, 0.717) is 31.6 Å². The molecule has 2 aromatic heterocycles. The Morgan fingerprint density at radius 3 is 2.61 bits per heavy atom. The van der Waals surface area contributed by atoms with Crippen LogP contribution in [0.2, 0.25) is 0 Å². The number of fused-ring (bicyclic) bond motifs is 3. The summed E-state index contributed by atoms with van der Waals surface area (Å²) in [6, 6.07) is 22.0. The summed E-state index contributed by atoms with van der Waals surface area (Å²) in [4.78, 5) is 19.9. The van der Waals surface area contributed by atoms with Gasteiger partial charge in [0.1, 0.15) is 5.75 Å². The van der Waals surface area contributed by atoms with E-state index in [1.54, 1.807) is 12.4 Å². The molecule has 2 aliphatic rings. The maximum Gasteiger partial charge on any atom is 0.257 e. The molecule has 5 aromatic rings. The molecule has 1 saturated heterocycles. The van der Waals surface area contributed by atoms with Crippen LogP contribution in [0.25, 0.3) is 22.0 Å². The fourth-order valence-electron chi connectivity index (χ4n) is 6.10. The average molecular weight is 620 g/mol. The van der Waals surface area contributed by atoms with Crippen LogP contribution in [0.3, 0.4) is 0 Å². The van der Waals surface area contributed by atoms with Crippen LogP contribution in [0, 0.1) is 0 Å². The highest BCUT2D eigenvalue weighted by atomic mass is 16.5. The second kappa shape index (κ2) is 13.2. The van der Waals surface area contributed by atoms with Crippen molar-refractivity contribution in [3.05, 3.63) is 96.4 Å². The zero-order chi connectivity index (χ0) is 31.5. The number of pyridine rings is 1. The van der Waals surface area contributed by atoms with Gasteiger partial charge in [0.15, 0.2) is 0 Å². The lowest BCUT2D eigenvalue weighted by molar-refractivity contribution is 0.0849. The quantitative estimate of drug-likeness (QED) is 0.168.